The highest BCUT2D eigenvalue weighted by Gasteiger charge is 2.24. The van der Waals surface area contributed by atoms with Crippen molar-refractivity contribution in [3.8, 4) is 0 Å². The molecule has 4 nitrogen and oxygen atoms in total. The highest BCUT2D eigenvalue weighted by Crippen LogP contribution is 2.30. The van der Waals surface area contributed by atoms with Crippen LogP contribution in [0.3, 0.4) is 0 Å². The van der Waals surface area contributed by atoms with E-state index in [9.17, 15) is 4.79 Å². The van der Waals surface area contributed by atoms with Crippen LogP contribution in [0.5, 0.6) is 0 Å². The summed E-state index contributed by atoms with van der Waals surface area (Å²) in [6.07, 6.45) is 4.58. The molecule has 2 aliphatic rings. The molecule has 1 atom stereocenters. The number of nitrogens with two attached hydrogens (primary N) is 1. The van der Waals surface area contributed by atoms with Gasteiger partial charge in [0.2, 0.25) is 5.91 Å². The number of fused-ring (bicyclic) bond motifs is 1. The van der Waals surface area contributed by atoms with E-state index in [4.69, 9.17) is 5.73 Å². The van der Waals surface area contributed by atoms with Crippen LogP contribution in [0.25, 0.3) is 0 Å². The van der Waals surface area contributed by atoms with Crippen LogP contribution in [0.15, 0.2) is 18.2 Å². The number of amides is 1. The Labute approximate surface area is 126 Å². The van der Waals surface area contributed by atoms with Crippen LogP contribution in [0.1, 0.15) is 43.4 Å². The van der Waals surface area contributed by atoms with Crippen LogP contribution < -0.4 is 10.6 Å². The number of carbonyl (C=O) groups is 1. The van der Waals surface area contributed by atoms with Gasteiger partial charge in [0.1, 0.15) is 0 Å². The zero-order valence-corrected chi connectivity index (χ0v) is 12.8. The van der Waals surface area contributed by atoms with Gasteiger partial charge in [0.25, 0.3) is 0 Å². The summed E-state index contributed by atoms with van der Waals surface area (Å²) >= 11 is 0. The lowest BCUT2D eigenvalue weighted by Gasteiger charge is -2.29. The third-order valence-corrected chi connectivity index (χ3v) is 4.66. The van der Waals surface area contributed by atoms with E-state index in [1.54, 1.807) is 0 Å². The molecule has 21 heavy (non-hydrogen) atoms. The van der Waals surface area contributed by atoms with E-state index in [1.165, 1.54) is 23.2 Å². The first-order valence-corrected chi connectivity index (χ1v) is 8.06. The summed E-state index contributed by atoms with van der Waals surface area (Å²) in [6.45, 7) is 5.34. The molecule has 1 saturated heterocycles. The average molecular weight is 287 g/mol. The first kappa shape index (κ1) is 14.4. The Kier molecular flexibility index (Phi) is 4.15. The molecule has 0 radical (unpaired) electrons. The summed E-state index contributed by atoms with van der Waals surface area (Å²) in [5, 5.41) is 0. The quantitative estimate of drug-likeness (QED) is 0.926. The smallest absolute Gasteiger partial charge is 0.242 e. The second kappa shape index (κ2) is 6.06. The van der Waals surface area contributed by atoms with E-state index in [0.717, 1.165) is 38.9 Å². The lowest BCUT2D eigenvalue weighted by molar-refractivity contribution is -0.130. The van der Waals surface area contributed by atoms with Gasteiger partial charge >= 0.3 is 0 Å². The van der Waals surface area contributed by atoms with Gasteiger partial charge in [-0.15, -0.1) is 0 Å². The van der Waals surface area contributed by atoms with Gasteiger partial charge in [-0.2, -0.15) is 0 Å². The predicted molar refractivity (Wildman–Crippen MR) is 85.4 cm³/mol. The van der Waals surface area contributed by atoms with Crippen molar-refractivity contribution < 1.29 is 4.79 Å². The van der Waals surface area contributed by atoms with Crippen LogP contribution in [0.2, 0.25) is 0 Å². The fourth-order valence-corrected chi connectivity index (χ4v) is 3.34. The van der Waals surface area contributed by atoms with Crippen molar-refractivity contribution in [3.05, 3.63) is 29.3 Å². The third-order valence-electron chi connectivity index (χ3n) is 4.66. The summed E-state index contributed by atoms with van der Waals surface area (Å²) in [4.78, 5) is 16.6. The summed E-state index contributed by atoms with van der Waals surface area (Å²) in [5.41, 5.74) is 9.67. The van der Waals surface area contributed by atoms with Crippen molar-refractivity contribution in [1.29, 1.82) is 0 Å². The molecule has 2 N–H and O–H groups in total. The Morgan fingerprint density at radius 2 is 2.00 bits per heavy atom. The monoisotopic (exact) mass is 287 g/mol. The summed E-state index contributed by atoms with van der Waals surface area (Å²) in [6, 6.07) is 6.49. The van der Waals surface area contributed by atoms with Gasteiger partial charge in [-0.05, 0) is 49.8 Å². The van der Waals surface area contributed by atoms with Crippen molar-refractivity contribution in [3.63, 3.8) is 0 Å². The maximum Gasteiger partial charge on any atom is 0.242 e. The molecule has 1 aromatic rings. The maximum absolute atomic E-state index is 12.4. The van der Waals surface area contributed by atoms with E-state index in [2.05, 4.69) is 23.1 Å². The molecule has 1 fully saturated rings. The number of rotatable bonds is 3. The van der Waals surface area contributed by atoms with Crippen LogP contribution >= 0.6 is 0 Å². The van der Waals surface area contributed by atoms with Crippen molar-refractivity contribution in [2.75, 3.05) is 31.1 Å². The van der Waals surface area contributed by atoms with E-state index in [1.807, 2.05) is 11.8 Å². The van der Waals surface area contributed by atoms with Crippen LogP contribution in [-0.4, -0.2) is 37.0 Å². The molecular weight excluding hydrogens is 262 g/mol. The summed E-state index contributed by atoms with van der Waals surface area (Å²) in [5.74, 6) is 0.277. The summed E-state index contributed by atoms with van der Waals surface area (Å²) < 4.78 is 0. The number of benzene rings is 1. The highest BCUT2D eigenvalue weighted by molar-refractivity contribution is 5.82. The molecule has 0 aliphatic carbocycles. The first-order chi connectivity index (χ1) is 10.1. The van der Waals surface area contributed by atoms with Gasteiger partial charge in [0.05, 0.1) is 6.54 Å². The fraction of sp³-hybridized carbons (Fsp3) is 0.588. The Hall–Kier alpha value is -1.55. The molecule has 0 spiro atoms. The van der Waals surface area contributed by atoms with Crippen LogP contribution in [-0.2, 0) is 11.2 Å². The molecule has 1 aromatic carbocycles. The Balaban J connectivity index is 1.68. The Morgan fingerprint density at radius 1 is 1.24 bits per heavy atom. The lowest BCUT2D eigenvalue weighted by atomic mass is 10.0. The summed E-state index contributed by atoms with van der Waals surface area (Å²) in [7, 11) is 0. The SMILES string of the molecule is CC(N)c1ccc2c(c1)CCN2CC(=O)N1CCCCC1. The average Bonchev–Trinajstić information content (AvgIpc) is 2.90. The molecule has 0 bridgehead atoms. The maximum atomic E-state index is 12.4. The molecule has 3 rings (SSSR count). The Bertz CT molecular complexity index is 521. The molecule has 0 aromatic heterocycles. The first-order valence-electron chi connectivity index (χ1n) is 8.06. The number of likely N-dealkylation sites (tertiary alicyclic amines) is 1. The lowest BCUT2D eigenvalue weighted by Crippen LogP contribution is -2.42. The van der Waals surface area contributed by atoms with Crippen molar-refractivity contribution in [2.45, 2.75) is 38.6 Å². The molecule has 1 amide bonds. The predicted octanol–water partition coefficient (Wildman–Crippen LogP) is 2.08. The van der Waals surface area contributed by atoms with Gasteiger partial charge in [0, 0.05) is 31.4 Å². The van der Waals surface area contributed by atoms with Crippen molar-refractivity contribution >= 4 is 11.6 Å². The fourth-order valence-electron chi connectivity index (χ4n) is 3.34. The minimum atomic E-state index is 0.0688. The van der Waals surface area contributed by atoms with E-state index in [-0.39, 0.29) is 11.9 Å². The standard InChI is InChI=1S/C17H25N3O/c1-13(18)14-5-6-16-15(11-14)7-10-20(16)12-17(21)19-8-3-2-4-9-19/h5-6,11,13H,2-4,7-10,12,18H2,1H3. The number of piperidine rings is 1. The van der Waals surface area contributed by atoms with Gasteiger partial charge in [0.15, 0.2) is 0 Å². The van der Waals surface area contributed by atoms with Gasteiger partial charge < -0.3 is 15.5 Å². The van der Waals surface area contributed by atoms with Gasteiger partial charge in [-0.1, -0.05) is 12.1 Å². The number of hydrogen-bond acceptors (Lipinski definition) is 3. The van der Waals surface area contributed by atoms with Gasteiger partial charge in [-0.3, -0.25) is 4.79 Å². The second-order valence-electron chi connectivity index (χ2n) is 6.29. The Morgan fingerprint density at radius 3 is 2.71 bits per heavy atom. The highest BCUT2D eigenvalue weighted by atomic mass is 16.2. The van der Waals surface area contributed by atoms with Crippen molar-refractivity contribution in [2.24, 2.45) is 5.73 Å². The van der Waals surface area contributed by atoms with Crippen LogP contribution in [0.4, 0.5) is 5.69 Å². The molecule has 4 heteroatoms. The number of carbonyl (C=O) groups excluding carboxylic acids is 1. The third kappa shape index (κ3) is 3.05. The number of nitrogens with zero attached hydrogens (tertiary/aromatic N) is 2. The molecular formula is C17H25N3O. The normalized spacial score (nSPS) is 19.5. The zero-order valence-electron chi connectivity index (χ0n) is 12.8. The molecule has 114 valence electrons. The van der Waals surface area contributed by atoms with Crippen molar-refractivity contribution in [1.82, 2.24) is 4.90 Å². The van der Waals surface area contributed by atoms with Crippen LogP contribution in [0, 0.1) is 0 Å². The minimum absolute atomic E-state index is 0.0688. The molecule has 2 aliphatic heterocycles. The van der Waals surface area contributed by atoms with E-state index in [0.29, 0.717) is 6.54 Å². The number of anilines is 1. The minimum Gasteiger partial charge on any atom is -0.362 e. The molecule has 0 saturated carbocycles. The van der Waals surface area contributed by atoms with Gasteiger partial charge in [-0.25, -0.2) is 0 Å². The molecule has 2 heterocycles. The molecule has 1 unspecified atom stereocenters. The zero-order chi connectivity index (χ0) is 14.8. The van der Waals surface area contributed by atoms with E-state index < -0.39 is 0 Å². The largest absolute Gasteiger partial charge is 0.362 e. The number of hydrogen-bond donors (Lipinski definition) is 1. The second-order valence-corrected chi connectivity index (χ2v) is 6.29. The van der Waals surface area contributed by atoms with E-state index >= 15 is 0 Å². The topological polar surface area (TPSA) is 49.6 Å².